The normalized spacial score (nSPS) is 28.5. The molecule has 4 bridgehead atoms. The molecule has 0 radical (unpaired) electrons. The van der Waals surface area contributed by atoms with E-state index in [1.54, 1.807) is 12.3 Å². The van der Waals surface area contributed by atoms with Crippen LogP contribution in [0.2, 0.25) is 0 Å². The summed E-state index contributed by atoms with van der Waals surface area (Å²) >= 11 is 0. The lowest BCUT2D eigenvalue weighted by Crippen LogP contribution is -2.67. The highest BCUT2D eigenvalue weighted by molar-refractivity contribution is 5.95. The molecular weight excluding hydrogens is 564 g/mol. The van der Waals surface area contributed by atoms with Gasteiger partial charge in [0.15, 0.2) is 0 Å². The van der Waals surface area contributed by atoms with Crippen LogP contribution < -0.4 is 15.4 Å². The largest absolute Gasteiger partial charge is 0.479 e. The maximum atomic E-state index is 14.2. The van der Waals surface area contributed by atoms with Gasteiger partial charge >= 0.3 is 12.1 Å². The molecule has 2 aromatic rings. The Kier molecular flexibility index (Phi) is 8.67. The second-order valence-electron chi connectivity index (χ2n) is 12.8. The highest BCUT2D eigenvalue weighted by atomic mass is 16.5. The zero-order chi connectivity index (χ0) is 31.6. The minimum absolute atomic E-state index is 0.0306. The Morgan fingerprint density at radius 1 is 1.25 bits per heavy atom. The lowest BCUT2D eigenvalue weighted by atomic mass is 9.66. The SMILES string of the molecule is C=C[C@@H]1CC[C@]1(NC(=O)[C@@H]1C[C@@H]2CN1C(=O)[C@H](C(C)(C)C)NC(=O)OCCC/C=C/c1ccc3ccnc(c3c1)O2)C(=O)O. The summed E-state index contributed by atoms with van der Waals surface area (Å²) < 4.78 is 11.8. The summed E-state index contributed by atoms with van der Waals surface area (Å²) in [6.07, 6.45) is 8.03. The average Bonchev–Trinajstić information content (AvgIpc) is 3.38. The number of amides is 3. The summed E-state index contributed by atoms with van der Waals surface area (Å²) in [6.45, 7) is 9.38. The Bertz CT molecular complexity index is 1500. The Morgan fingerprint density at radius 2 is 2.05 bits per heavy atom. The summed E-state index contributed by atoms with van der Waals surface area (Å²) in [7, 11) is 0. The quantitative estimate of drug-likeness (QED) is 0.443. The van der Waals surface area contributed by atoms with Crippen molar-refractivity contribution in [2.45, 2.75) is 76.6 Å². The Morgan fingerprint density at radius 3 is 2.73 bits per heavy atom. The molecule has 0 spiro atoms. The van der Waals surface area contributed by atoms with Crippen LogP contribution in [0.5, 0.6) is 5.88 Å². The summed E-state index contributed by atoms with van der Waals surface area (Å²) in [5.74, 6) is -2.30. The predicted octanol–water partition coefficient (Wildman–Crippen LogP) is 4.07. The average molecular weight is 605 g/mol. The number of carbonyl (C=O) groups is 4. The van der Waals surface area contributed by atoms with Gasteiger partial charge in [-0.1, -0.05) is 51.1 Å². The lowest BCUT2D eigenvalue weighted by Gasteiger charge is -2.46. The second kappa shape index (κ2) is 12.3. The Labute approximate surface area is 256 Å². The predicted molar refractivity (Wildman–Crippen MR) is 164 cm³/mol. The molecular formula is C33H40N4O7. The molecule has 11 nitrogen and oxygen atoms in total. The fourth-order valence-electron chi connectivity index (χ4n) is 6.15. The molecule has 0 unspecified atom stereocenters. The molecule has 1 saturated carbocycles. The van der Waals surface area contributed by atoms with Gasteiger partial charge in [-0.3, -0.25) is 9.59 Å². The lowest BCUT2D eigenvalue weighted by molar-refractivity contribution is -0.156. The molecule has 1 aromatic carbocycles. The number of ether oxygens (including phenoxy) is 2. The topological polar surface area (TPSA) is 147 Å². The van der Waals surface area contributed by atoms with Gasteiger partial charge in [-0.25, -0.2) is 14.6 Å². The molecule has 2 fully saturated rings. The zero-order valence-corrected chi connectivity index (χ0v) is 25.4. The molecule has 44 heavy (non-hydrogen) atoms. The van der Waals surface area contributed by atoms with Gasteiger partial charge in [0, 0.05) is 23.9 Å². The maximum absolute atomic E-state index is 14.2. The van der Waals surface area contributed by atoms with Crippen LogP contribution in [0.4, 0.5) is 4.79 Å². The van der Waals surface area contributed by atoms with Gasteiger partial charge in [-0.2, -0.15) is 0 Å². The zero-order valence-electron chi connectivity index (χ0n) is 25.4. The number of allylic oxidation sites excluding steroid dienone is 1. The maximum Gasteiger partial charge on any atom is 0.407 e. The Hall–Kier alpha value is -4.41. The van der Waals surface area contributed by atoms with E-state index >= 15 is 0 Å². The number of carbonyl (C=O) groups excluding carboxylic acids is 3. The van der Waals surface area contributed by atoms with Crippen molar-refractivity contribution in [2.75, 3.05) is 13.2 Å². The first-order valence-electron chi connectivity index (χ1n) is 15.1. The molecule has 1 saturated heterocycles. The van der Waals surface area contributed by atoms with E-state index in [9.17, 15) is 24.3 Å². The highest BCUT2D eigenvalue weighted by Crippen LogP contribution is 2.40. The molecule has 3 aliphatic rings. The van der Waals surface area contributed by atoms with Crippen molar-refractivity contribution < 1.29 is 33.8 Å². The van der Waals surface area contributed by atoms with Gasteiger partial charge in [0.2, 0.25) is 17.7 Å². The highest BCUT2D eigenvalue weighted by Gasteiger charge is 2.55. The van der Waals surface area contributed by atoms with Gasteiger partial charge in [0.05, 0.1) is 13.2 Å². The van der Waals surface area contributed by atoms with Crippen molar-refractivity contribution in [3.63, 3.8) is 0 Å². The number of carboxylic acid groups (broad SMARTS) is 1. The van der Waals surface area contributed by atoms with E-state index in [1.807, 2.05) is 57.2 Å². The van der Waals surface area contributed by atoms with Crippen LogP contribution in [-0.4, -0.2) is 75.7 Å². The van der Waals surface area contributed by atoms with Crippen LogP contribution in [0.15, 0.2) is 49.2 Å². The molecule has 3 heterocycles. The summed E-state index contributed by atoms with van der Waals surface area (Å²) in [6, 6.07) is 5.75. The number of rotatable bonds is 4. The van der Waals surface area contributed by atoms with E-state index in [2.05, 4.69) is 22.2 Å². The number of carboxylic acids is 1. The molecule has 5 atom stereocenters. The monoisotopic (exact) mass is 604 g/mol. The van der Waals surface area contributed by atoms with Crippen LogP contribution in [0.3, 0.4) is 0 Å². The smallest absolute Gasteiger partial charge is 0.407 e. The number of hydrogen-bond acceptors (Lipinski definition) is 7. The van der Waals surface area contributed by atoms with E-state index in [1.165, 1.54) is 4.90 Å². The third kappa shape index (κ3) is 6.13. The fourth-order valence-corrected chi connectivity index (χ4v) is 6.15. The number of pyridine rings is 1. The molecule has 3 amide bonds. The van der Waals surface area contributed by atoms with Crippen molar-refractivity contribution in [1.29, 1.82) is 0 Å². The first-order chi connectivity index (χ1) is 20.9. The van der Waals surface area contributed by atoms with E-state index < -0.39 is 58.9 Å². The molecule has 11 heteroatoms. The molecule has 3 N–H and O–H groups in total. The molecule has 1 aromatic heterocycles. The number of cyclic esters (lactones) is 1. The minimum atomic E-state index is -1.49. The number of fused-ring (bicyclic) bond motifs is 3. The third-order valence-corrected chi connectivity index (χ3v) is 8.81. The number of aliphatic carboxylic acids is 1. The van der Waals surface area contributed by atoms with Crippen LogP contribution in [0.1, 0.15) is 58.4 Å². The number of hydrogen-bond donors (Lipinski definition) is 3. The van der Waals surface area contributed by atoms with Gasteiger partial charge < -0.3 is 30.1 Å². The van der Waals surface area contributed by atoms with Crippen LogP contribution in [-0.2, 0) is 19.1 Å². The number of alkyl carbamates (subject to hydrolysis) is 1. The van der Waals surface area contributed by atoms with E-state index in [0.717, 1.165) is 16.3 Å². The van der Waals surface area contributed by atoms with Crippen molar-refractivity contribution >= 4 is 40.7 Å². The first kappa shape index (κ1) is 31.0. The van der Waals surface area contributed by atoms with Crippen LogP contribution in [0.25, 0.3) is 16.8 Å². The van der Waals surface area contributed by atoms with E-state index in [4.69, 9.17) is 9.47 Å². The molecule has 234 valence electrons. The van der Waals surface area contributed by atoms with E-state index in [-0.39, 0.29) is 26.0 Å². The number of nitrogens with one attached hydrogen (secondary N) is 2. The number of nitrogens with zero attached hydrogens (tertiary/aromatic N) is 2. The van der Waals surface area contributed by atoms with Gasteiger partial charge in [-0.05, 0) is 54.2 Å². The van der Waals surface area contributed by atoms with E-state index in [0.29, 0.717) is 25.1 Å². The minimum Gasteiger partial charge on any atom is -0.479 e. The Balaban J connectivity index is 1.52. The van der Waals surface area contributed by atoms with Crippen molar-refractivity contribution in [1.82, 2.24) is 20.5 Å². The van der Waals surface area contributed by atoms with Gasteiger partial charge in [0.25, 0.3) is 0 Å². The third-order valence-electron chi connectivity index (χ3n) is 8.81. The first-order valence-corrected chi connectivity index (χ1v) is 15.1. The standard InChI is InChI=1S/C33H40N4O7/c1-5-22-12-14-33(22,30(40)41)36-27(38)25-18-23-19-37(25)29(39)26(32(2,3)4)35-31(42)43-16-8-6-7-9-20-10-11-21-13-15-34-28(44-23)24(21)17-20/h5,7,9-11,13,15,17,22-23,25-26H,1,6,8,12,14,16,18-19H2,2-4H3,(H,35,42)(H,36,38)(H,40,41)/b9-7+/t22-,23-,25+,26-,33-/m1/s1. The van der Waals surface area contributed by atoms with Crippen LogP contribution in [0, 0.1) is 11.3 Å². The van der Waals surface area contributed by atoms with Gasteiger partial charge in [0.1, 0.15) is 23.7 Å². The fraction of sp³-hybridized carbons (Fsp3) is 0.485. The number of benzene rings is 1. The van der Waals surface area contributed by atoms with Crippen LogP contribution >= 0.6 is 0 Å². The van der Waals surface area contributed by atoms with Gasteiger partial charge in [-0.15, -0.1) is 6.58 Å². The summed E-state index contributed by atoms with van der Waals surface area (Å²) in [5, 5.41) is 17.2. The second-order valence-corrected chi connectivity index (χ2v) is 12.8. The molecule has 1 aliphatic carbocycles. The summed E-state index contributed by atoms with van der Waals surface area (Å²) in [4.78, 5) is 59.1. The van der Waals surface area contributed by atoms with Crippen molar-refractivity contribution in [3.05, 3.63) is 54.8 Å². The molecule has 5 rings (SSSR count). The van der Waals surface area contributed by atoms with Crippen molar-refractivity contribution in [3.8, 4) is 5.88 Å². The molecule has 2 aliphatic heterocycles. The number of aromatic nitrogens is 1. The van der Waals surface area contributed by atoms with Crippen molar-refractivity contribution in [2.24, 2.45) is 11.3 Å². The summed E-state index contributed by atoms with van der Waals surface area (Å²) in [5.41, 5.74) is -1.29.